The van der Waals surface area contributed by atoms with Gasteiger partial charge in [-0.05, 0) is 50.2 Å². The van der Waals surface area contributed by atoms with Crippen molar-refractivity contribution in [2.45, 2.75) is 25.8 Å². The van der Waals surface area contributed by atoms with E-state index >= 15 is 0 Å². The number of aromatic hydroxyl groups is 2. The molecule has 0 bridgehead atoms. The minimum absolute atomic E-state index is 0.0806. The normalized spacial score (nSPS) is 15.9. The molecule has 0 spiro atoms. The Morgan fingerprint density at radius 2 is 1.85 bits per heavy atom. The van der Waals surface area contributed by atoms with Crippen molar-refractivity contribution >= 4 is 32.8 Å². The number of benzene rings is 2. The zero-order valence-corrected chi connectivity index (χ0v) is 14.8. The summed E-state index contributed by atoms with van der Waals surface area (Å²) < 4.78 is 6.04. The number of furan rings is 1. The van der Waals surface area contributed by atoms with Crippen molar-refractivity contribution in [3.8, 4) is 11.5 Å². The first-order chi connectivity index (χ1) is 13.1. The maximum atomic E-state index is 12.8. The standard InChI is InChI=1S/C21H20N2O4/c24-12-4-5-13-15(10-12)22-21(26)19-18-14(11-23-8-2-1-3-9-23)16(25)6-7-17(18)27-20(13)19/h4-7,10,24-25H,1-3,8-9,11H2,(H,22,26). The summed E-state index contributed by atoms with van der Waals surface area (Å²) in [4.78, 5) is 18.0. The first-order valence-electron chi connectivity index (χ1n) is 9.26. The summed E-state index contributed by atoms with van der Waals surface area (Å²) in [7, 11) is 0. The number of hydrogen-bond acceptors (Lipinski definition) is 5. The van der Waals surface area contributed by atoms with Crippen molar-refractivity contribution in [3.05, 3.63) is 46.2 Å². The summed E-state index contributed by atoms with van der Waals surface area (Å²) in [6.07, 6.45) is 3.54. The predicted molar refractivity (Wildman–Crippen MR) is 104 cm³/mol. The highest BCUT2D eigenvalue weighted by molar-refractivity contribution is 6.15. The summed E-state index contributed by atoms with van der Waals surface area (Å²) in [6.45, 7) is 2.57. The number of hydrogen-bond donors (Lipinski definition) is 3. The van der Waals surface area contributed by atoms with Crippen molar-refractivity contribution in [1.29, 1.82) is 0 Å². The lowest BCUT2D eigenvalue weighted by Gasteiger charge is -2.26. The molecule has 1 fully saturated rings. The molecule has 0 amide bonds. The van der Waals surface area contributed by atoms with E-state index in [1.165, 1.54) is 12.5 Å². The van der Waals surface area contributed by atoms with Crippen LogP contribution >= 0.6 is 0 Å². The van der Waals surface area contributed by atoms with Crippen LogP contribution in [0, 0.1) is 0 Å². The van der Waals surface area contributed by atoms with Crippen LogP contribution in [0.25, 0.3) is 32.8 Å². The van der Waals surface area contributed by atoms with E-state index in [4.69, 9.17) is 4.42 Å². The number of likely N-dealkylation sites (tertiary alicyclic amines) is 1. The molecule has 0 aliphatic carbocycles. The Hall–Kier alpha value is -2.99. The highest BCUT2D eigenvalue weighted by Crippen LogP contribution is 2.37. The lowest BCUT2D eigenvalue weighted by molar-refractivity contribution is 0.219. The van der Waals surface area contributed by atoms with E-state index in [0.29, 0.717) is 34.0 Å². The number of pyridine rings is 1. The number of phenolic OH excluding ortho intramolecular Hbond substituents is 2. The summed E-state index contributed by atoms with van der Waals surface area (Å²) >= 11 is 0. The topological polar surface area (TPSA) is 89.7 Å². The third-order valence-electron chi connectivity index (χ3n) is 5.49. The van der Waals surface area contributed by atoms with E-state index in [2.05, 4.69) is 9.88 Å². The maximum absolute atomic E-state index is 12.8. The van der Waals surface area contributed by atoms with Crippen LogP contribution in [0.1, 0.15) is 24.8 Å². The molecule has 6 nitrogen and oxygen atoms in total. The van der Waals surface area contributed by atoms with E-state index in [1.54, 1.807) is 24.3 Å². The van der Waals surface area contributed by atoms with E-state index in [9.17, 15) is 15.0 Å². The molecule has 5 rings (SSSR count). The molecule has 1 aliphatic heterocycles. The number of nitrogens with zero attached hydrogens (tertiary/aromatic N) is 1. The van der Waals surface area contributed by atoms with Crippen LogP contribution in [0.5, 0.6) is 11.5 Å². The van der Waals surface area contributed by atoms with Crippen molar-refractivity contribution < 1.29 is 14.6 Å². The van der Waals surface area contributed by atoms with Gasteiger partial charge in [0.15, 0.2) is 0 Å². The van der Waals surface area contributed by atoms with Crippen LogP contribution in [0.2, 0.25) is 0 Å². The number of aromatic amines is 1. The van der Waals surface area contributed by atoms with E-state index in [1.807, 2.05) is 0 Å². The monoisotopic (exact) mass is 364 g/mol. The molecule has 2 aromatic heterocycles. The van der Waals surface area contributed by atoms with Crippen LogP contribution in [0.4, 0.5) is 0 Å². The lowest BCUT2D eigenvalue weighted by atomic mass is 10.0. The van der Waals surface area contributed by atoms with Gasteiger partial charge in [-0.3, -0.25) is 9.69 Å². The molecule has 2 aromatic carbocycles. The van der Waals surface area contributed by atoms with E-state index in [-0.39, 0.29) is 17.1 Å². The molecule has 0 atom stereocenters. The molecule has 4 aromatic rings. The summed E-state index contributed by atoms with van der Waals surface area (Å²) in [5.74, 6) is 0.262. The molecular weight excluding hydrogens is 344 g/mol. The number of fused-ring (bicyclic) bond motifs is 5. The van der Waals surface area contributed by atoms with Crippen LogP contribution in [-0.4, -0.2) is 33.2 Å². The van der Waals surface area contributed by atoms with Crippen molar-refractivity contribution in [2.75, 3.05) is 13.1 Å². The fourth-order valence-corrected chi connectivity index (χ4v) is 4.17. The first-order valence-corrected chi connectivity index (χ1v) is 9.26. The zero-order valence-electron chi connectivity index (χ0n) is 14.8. The fourth-order valence-electron chi connectivity index (χ4n) is 4.17. The van der Waals surface area contributed by atoms with Crippen LogP contribution in [0.15, 0.2) is 39.5 Å². The number of H-pyrrole nitrogens is 1. The molecule has 0 radical (unpaired) electrons. The zero-order chi connectivity index (χ0) is 18.5. The van der Waals surface area contributed by atoms with Crippen molar-refractivity contribution in [1.82, 2.24) is 9.88 Å². The predicted octanol–water partition coefficient (Wildman–Crippen LogP) is 3.82. The van der Waals surface area contributed by atoms with Crippen molar-refractivity contribution in [3.63, 3.8) is 0 Å². The van der Waals surface area contributed by atoms with Crippen LogP contribution in [0.3, 0.4) is 0 Å². The van der Waals surface area contributed by atoms with Gasteiger partial charge < -0.3 is 19.6 Å². The Kier molecular flexibility index (Phi) is 3.62. The third-order valence-corrected chi connectivity index (χ3v) is 5.49. The second kappa shape index (κ2) is 6.03. The average molecular weight is 364 g/mol. The van der Waals surface area contributed by atoms with Crippen molar-refractivity contribution in [2.24, 2.45) is 0 Å². The Balaban J connectivity index is 1.81. The highest BCUT2D eigenvalue weighted by Gasteiger charge is 2.21. The Bertz CT molecular complexity index is 1230. The van der Waals surface area contributed by atoms with Gasteiger partial charge in [0.25, 0.3) is 5.56 Å². The molecule has 27 heavy (non-hydrogen) atoms. The van der Waals surface area contributed by atoms with E-state index < -0.39 is 0 Å². The van der Waals surface area contributed by atoms with Gasteiger partial charge in [-0.15, -0.1) is 0 Å². The largest absolute Gasteiger partial charge is 0.508 e. The quantitative estimate of drug-likeness (QED) is 0.503. The molecule has 3 heterocycles. The highest BCUT2D eigenvalue weighted by atomic mass is 16.3. The van der Waals surface area contributed by atoms with Gasteiger partial charge in [0.1, 0.15) is 22.7 Å². The molecule has 0 unspecified atom stereocenters. The van der Waals surface area contributed by atoms with Gasteiger partial charge >= 0.3 is 0 Å². The minimum atomic E-state index is -0.285. The molecule has 0 saturated carbocycles. The van der Waals surface area contributed by atoms with Crippen LogP contribution in [-0.2, 0) is 6.54 Å². The van der Waals surface area contributed by atoms with Gasteiger partial charge in [-0.2, -0.15) is 0 Å². The molecule has 1 saturated heterocycles. The molecular formula is C21H20N2O4. The Labute approximate surface area is 154 Å². The summed E-state index contributed by atoms with van der Waals surface area (Å²) in [5.41, 5.74) is 2.03. The Morgan fingerprint density at radius 1 is 1.04 bits per heavy atom. The number of nitrogens with one attached hydrogen (secondary N) is 1. The van der Waals surface area contributed by atoms with Gasteiger partial charge in [-0.25, -0.2) is 0 Å². The number of piperidine rings is 1. The molecule has 138 valence electrons. The third kappa shape index (κ3) is 2.56. The summed E-state index contributed by atoms with van der Waals surface area (Å²) in [5, 5.41) is 22.1. The molecule has 6 heteroatoms. The number of rotatable bonds is 2. The SMILES string of the molecule is O=c1[nH]c2cc(O)ccc2c2oc3ccc(O)c(CN4CCCCC4)c3c12. The van der Waals surface area contributed by atoms with E-state index in [0.717, 1.165) is 36.9 Å². The first kappa shape index (κ1) is 16.2. The van der Waals surface area contributed by atoms with Crippen LogP contribution < -0.4 is 5.56 Å². The molecule has 1 aliphatic rings. The van der Waals surface area contributed by atoms with Gasteiger partial charge in [0, 0.05) is 28.9 Å². The Morgan fingerprint density at radius 3 is 2.67 bits per heavy atom. The minimum Gasteiger partial charge on any atom is -0.508 e. The second-order valence-corrected chi connectivity index (χ2v) is 7.26. The van der Waals surface area contributed by atoms with Gasteiger partial charge in [0.2, 0.25) is 0 Å². The summed E-state index contributed by atoms with van der Waals surface area (Å²) in [6, 6.07) is 8.15. The lowest BCUT2D eigenvalue weighted by Crippen LogP contribution is -2.29. The fraction of sp³-hybridized carbons (Fsp3) is 0.286. The second-order valence-electron chi connectivity index (χ2n) is 7.26. The number of phenols is 2. The van der Waals surface area contributed by atoms with Gasteiger partial charge in [0.05, 0.1) is 10.9 Å². The smallest absolute Gasteiger partial charge is 0.260 e. The number of aromatic nitrogens is 1. The molecule has 3 N–H and O–H groups in total. The average Bonchev–Trinajstić information content (AvgIpc) is 3.05. The maximum Gasteiger partial charge on any atom is 0.260 e. The van der Waals surface area contributed by atoms with Gasteiger partial charge in [-0.1, -0.05) is 6.42 Å².